The van der Waals surface area contributed by atoms with E-state index >= 15 is 0 Å². The molecule has 0 aromatic heterocycles. The van der Waals surface area contributed by atoms with Crippen molar-refractivity contribution in [3.63, 3.8) is 0 Å². The van der Waals surface area contributed by atoms with Crippen molar-refractivity contribution in [3.05, 3.63) is 113 Å². The van der Waals surface area contributed by atoms with Crippen LogP contribution in [0.2, 0.25) is 0 Å². The average Bonchev–Trinajstić information content (AvgIpc) is 3.11. The van der Waals surface area contributed by atoms with Gasteiger partial charge in [-0.05, 0) is 47.7 Å². The molecule has 0 N–H and O–H groups in total. The Bertz CT molecular complexity index is 1390. The molecule has 0 radical (unpaired) electrons. The quantitative estimate of drug-likeness (QED) is 0.231. The number of carbonyl (C=O) groups excluding carboxylic acids is 1. The van der Waals surface area contributed by atoms with Crippen molar-refractivity contribution in [2.45, 2.75) is 13.5 Å². The number of aryl methyl sites for hydroxylation is 1. The molecule has 0 unspecified atom stereocenters. The zero-order valence-electron chi connectivity index (χ0n) is 18.0. The third-order valence-corrected chi connectivity index (χ3v) is 6.77. The molecule has 5 rings (SSSR count). The fourth-order valence-electron chi connectivity index (χ4n) is 3.86. The van der Waals surface area contributed by atoms with Crippen LogP contribution in [0.15, 0.2) is 95.9 Å². The van der Waals surface area contributed by atoms with Gasteiger partial charge in [-0.1, -0.05) is 102 Å². The van der Waals surface area contributed by atoms with E-state index in [0.717, 1.165) is 33.3 Å². The number of thiocarbonyl (C=S) groups is 1. The lowest BCUT2D eigenvalue weighted by Crippen LogP contribution is -2.27. The van der Waals surface area contributed by atoms with Crippen LogP contribution in [0.25, 0.3) is 16.8 Å². The first-order chi connectivity index (χ1) is 16.1. The summed E-state index contributed by atoms with van der Waals surface area (Å²) in [5.74, 6) is 0.693. The Kier molecular flexibility index (Phi) is 5.99. The van der Waals surface area contributed by atoms with Crippen LogP contribution in [-0.4, -0.2) is 10.2 Å². The molecule has 1 amide bonds. The van der Waals surface area contributed by atoms with Gasteiger partial charge in [-0.2, -0.15) is 0 Å². The van der Waals surface area contributed by atoms with Gasteiger partial charge in [0.2, 0.25) is 0 Å². The minimum atomic E-state index is -0.0962. The van der Waals surface area contributed by atoms with Crippen LogP contribution in [0.4, 0.5) is 5.69 Å². The van der Waals surface area contributed by atoms with E-state index in [1.54, 1.807) is 4.90 Å². The smallest absolute Gasteiger partial charge is 0.270 e. The van der Waals surface area contributed by atoms with E-state index in [2.05, 4.69) is 25.1 Å². The van der Waals surface area contributed by atoms with E-state index in [1.165, 1.54) is 17.3 Å². The second-order valence-corrected chi connectivity index (χ2v) is 9.54. The van der Waals surface area contributed by atoms with Crippen LogP contribution in [0, 0.1) is 6.92 Å². The van der Waals surface area contributed by atoms with E-state index in [4.69, 9.17) is 17.0 Å². The molecule has 0 bridgehead atoms. The maximum absolute atomic E-state index is 13.2. The van der Waals surface area contributed by atoms with Crippen molar-refractivity contribution in [1.82, 2.24) is 0 Å². The third kappa shape index (κ3) is 4.56. The summed E-state index contributed by atoms with van der Waals surface area (Å²) in [4.78, 5) is 15.5. The number of anilines is 1. The third-order valence-electron chi connectivity index (χ3n) is 5.47. The van der Waals surface area contributed by atoms with Gasteiger partial charge in [-0.15, -0.1) is 0 Å². The summed E-state index contributed by atoms with van der Waals surface area (Å²) in [6.45, 7) is 2.59. The number of amides is 1. The monoisotopic (exact) mass is 467 g/mol. The molecule has 1 saturated heterocycles. The highest BCUT2D eigenvalue weighted by Gasteiger charge is 2.34. The molecule has 33 heavy (non-hydrogen) atoms. The first kappa shape index (κ1) is 21.4. The van der Waals surface area contributed by atoms with Gasteiger partial charge in [0.25, 0.3) is 5.91 Å². The van der Waals surface area contributed by atoms with Crippen LogP contribution in [0.5, 0.6) is 5.75 Å². The predicted octanol–water partition coefficient (Wildman–Crippen LogP) is 7.13. The lowest BCUT2D eigenvalue weighted by Gasteiger charge is -2.17. The van der Waals surface area contributed by atoms with Crippen LogP contribution >= 0.6 is 24.0 Å². The summed E-state index contributed by atoms with van der Waals surface area (Å²) >= 11 is 6.90. The van der Waals surface area contributed by atoms with Crippen LogP contribution < -0.4 is 9.64 Å². The van der Waals surface area contributed by atoms with Gasteiger partial charge < -0.3 is 4.74 Å². The van der Waals surface area contributed by atoms with Gasteiger partial charge in [0, 0.05) is 5.39 Å². The van der Waals surface area contributed by atoms with Crippen molar-refractivity contribution >= 4 is 56.7 Å². The van der Waals surface area contributed by atoms with Crippen molar-refractivity contribution in [3.8, 4) is 5.75 Å². The highest BCUT2D eigenvalue weighted by atomic mass is 32.2. The first-order valence-corrected chi connectivity index (χ1v) is 11.8. The largest absolute Gasteiger partial charge is 0.489 e. The Balaban J connectivity index is 1.33. The molecule has 4 aromatic rings. The van der Waals surface area contributed by atoms with Gasteiger partial charge in [-0.25, -0.2) is 0 Å². The summed E-state index contributed by atoms with van der Waals surface area (Å²) < 4.78 is 6.45. The predicted molar refractivity (Wildman–Crippen MR) is 142 cm³/mol. The Hall–Kier alpha value is -3.41. The highest BCUT2D eigenvalue weighted by Crippen LogP contribution is 2.39. The molecule has 0 saturated carbocycles. The van der Waals surface area contributed by atoms with Crippen LogP contribution in [0.1, 0.15) is 16.7 Å². The van der Waals surface area contributed by atoms with E-state index < -0.39 is 0 Å². The summed E-state index contributed by atoms with van der Waals surface area (Å²) in [7, 11) is 0. The number of ether oxygens (including phenoxy) is 1. The van der Waals surface area contributed by atoms with Crippen LogP contribution in [-0.2, 0) is 11.4 Å². The maximum Gasteiger partial charge on any atom is 0.270 e. The molecule has 0 atom stereocenters. The number of hydrogen-bond donors (Lipinski definition) is 0. The zero-order chi connectivity index (χ0) is 22.8. The average molecular weight is 468 g/mol. The van der Waals surface area contributed by atoms with Crippen molar-refractivity contribution in [2.75, 3.05) is 4.90 Å². The first-order valence-electron chi connectivity index (χ1n) is 10.6. The molecular weight excluding hydrogens is 446 g/mol. The standard InChI is InChI=1S/C28H21NO2S2/c1-19-6-4-7-21(16-19)18-31-23-14-12-20(13-15-23)17-26-27(30)29(28(32)33-26)25-11-5-9-22-8-2-3-10-24(22)25/h2-17H,18H2,1H3/b26-17-. The number of thioether (sulfide) groups is 1. The molecule has 0 aliphatic carbocycles. The van der Waals surface area contributed by atoms with E-state index in [-0.39, 0.29) is 5.91 Å². The highest BCUT2D eigenvalue weighted by molar-refractivity contribution is 8.27. The number of fused-ring (bicyclic) bond motifs is 1. The number of benzene rings is 4. The Morgan fingerprint density at radius 3 is 2.52 bits per heavy atom. The number of nitrogens with zero attached hydrogens (tertiary/aromatic N) is 1. The second kappa shape index (κ2) is 9.22. The molecule has 1 aliphatic rings. The van der Waals surface area contributed by atoms with Gasteiger partial charge in [-0.3, -0.25) is 9.69 Å². The van der Waals surface area contributed by atoms with Crippen LogP contribution in [0.3, 0.4) is 0 Å². The summed E-state index contributed by atoms with van der Waals surface area (Å²) in [5, 5.41) is 2.09. The van der Waals surface area contributed by atoms with E-state index in [1.807, 2.05) is 78.9 Å². The normalized spacial score (nSPS) is 14.9. The minimum Gasteiger partial charge on any atom is -0.489 e. The fraction of sp³-hybridized carbons (Fsp3) is 0.0714. The fourth-order valence-corrected chi connectivity index (χ4v) is 5.14. The number of carbonyl (C=O) groups is 1. The molecule has 4 aromatic carbocycles. The molecule has 3 nitrogen and oxygen atoms in total. The summed E-state index contributed by atoms with van der Waals surface area (Å²) in [5.41, 5.74) is 4.10. The van der Waals surface area contributed by atoms with Crippen molar-refractivity contribution < 1.29 is 9.53 Å². The topological polar surface area (TPSA) is 29.5 Å². The van der Waals surface area contributed by atoms with Crippen molar-refractivity contribution in [2.24, 2.45) is 0 Å². The summed E-state index contributed by atoms with van der Waals surface area (Å²) in [6, 6.07) is 30.0. The lowest BCUT2D eigenvalue weighted by molar-refractivity contribution is -0.113. The van der Waals surface area contributed by atoms with Gasteiger partial charge in [0.05, 0.1) is 10.6 Å². The Morgan fingerprint density at radius 1 is 0.939 bits per heavy atom. The molecule has 5 heteroatoms. The molecule has 162 valence electrons. The zero-order valence-corrected chi connectivity index (χ0v) is 19.7. The van der Waals surface area contributed by atoms with E-state index in [9.17, 15) is 4.79 Å². The molecule has 1 heterocycles. The van der Waals surface area contributed by atoms with Gasteiger partial charge in [0.15, 0.2) is 4.32 Å². The van der Waals surface area contributed by atoms with Gasteiger partial charge >= 0.3 is 0 Å². The minimum absolute atomic E-state index is 0.0962. The number of hydrogen-bond acceptors (Lipinski definition) is 4. The van der Waals surface area contributed by atoms with Gasteiger partial charge in [0.1, 0.15) is 12.4 Å². The molecule has 1 fully saturated rings. The number of rotatable bonds is 5. The SMILES string of the molecule is Cc1cccc(COc2ccc(/C=C3\SC(=S)N(c4cccc5ccccc45)C3=O)cc2)c1. The van der Waals surface area contributed by atoms with Crippen molar-refractivity contribution in [1.29, 1.82) is 0 Å². The van der Waals surface area contributed by atoms with E-state index in [0.29, 0.717) is 15.8 Å². The molecule has 0 spiro atoms. The second-order valence-electron chi connectivity index (χ2n) is 7.86. The lowest BCUT2D eigenvalue weighted by atomic mass is 10.1. The Labute approximate surface area is 202 Å². The molecular formula is C28H21NO2S2. The maximum atomic E-state index is 13.2. The Morgan fingerprint density at radius 2 is 1.70 bits per heavy atom. The molecule has 1 aliphatic heterocycles. The summed E-state index contributed by atoms with van der Waals surface area (Å²) in [6.07, 6.45) is 1.88.